The summed E-state index contributed by atoms with van der Waals surface area (Å²) in [5.74, 6) is -1.04. The van der Waals surface area contributed by atoms with Crippen molar-refractivity contribution < 1.29 is 20.1 Å². The van der Waals surface area contributed by atoms with Gasteiger partial charge < -0.3 is 15.3 Å². The molecule has 0 saturated heterocycles. The Morgan fingerprint density at radius 1 is 1.33 bits per heavy atom. The highest BCUT2D eigenvalue weighted by Crippen LogP contribution is 2.07. The van der Waals surface area contributed by atoms with Crippen LogP contribution in [0.25, 0.3) is 0 Å². The molecule has 0 aromatic rings. The molecule has 0 radical (unpaired) electrons. The molecule has 2 atom stereocenters. The molecule has 0 heterocycles. The molecule has 72 valence electrons. The third-order valence-electron chi connectivity index (χ3n) is 1.58. The summed E-state index contributed by atoms with van der Waals surface area (Å²) in [4.78, 5) is 10.1. The number of aliphatic hydroxyl groups is 2. The number of hydrogen-bond acceptors (Lipinski definition) is 3. The number of carboxylic acid groups (broad SMARTS) is 1. The molecule has 0 aromatic carbocycles. The van der Waals surface area contributed by atoms with Gasteiger partial charge in [0.25, 0.3) is 0 Å². The van der Waals surface area contributed by atoms with Crippen molar-refractivity contribution in [3.63, 3.8) is 0 Å². The molecule has 12 heavy (non-hydrogen) atoms. The van der Waals surface area contributed by atoms with Gasteiger partial charge in [0, 0.05) is 0 Å². The molecular formula is C8H16O4. The summed E-state index contributed by atoms with van der Waals surface area (Å²) < 4.78 is 0. The van der Waals surface area contributed by atoms with Gasteiger partial charge in [0.2, 0.25) is 0 Å². The monoisotopic (exact) mass is 176 g/mol. The highest BCUT2D eigenvalue weighted by Gasteiger charge is 2.13. The third kappa shape index (κ3) is 6.12. The summed E-state index contributed by atoms with van der Waals surface area (Å²) in [6, 6.07) is 0. The van der Waals surface area contributed by atoms with E-state index < -0.39 is 18.2 Å². The quantitative estimate of drug-likeness (QED) is 0.546. The fourth-order valence-corrected chi connectivity index (χ4v) is 1.05. The predicted molar refractivity (Wildman–Crippen MR) is 43.8 cm³/mol. The van der Waals surface area contributed by atoms with Crippen molar-refractivity contribution in [2.45, 2.75) is 44.8 Å². The van der Waals surface area contributed by atoms with Crippen LogP contribution in [0.4, 0.5) is 0 Å². The van der Waals surface area contributed by atoms with Crippen molar-refractivity contribution in [3.8, 4) is 0 Å². The zero-order valence-electron chi connectivity index (χ0n) is 7.23. The van der Waals surface area contributed by atoms with Crippen LogP contribution in [0, 0.1) is 0 Å². The van der Waals surface area contributed by atoms with Gasteiger partial charge in [-0.25, -0.2) is 0 Å². The fourth-order valence-electron chi connectivity index (χ4n) is 1.05. The van der Waals surface area contributed by atoms with Crippen LogP contribution in [0.2, 0.25) is 0 Å². The Bertz CT molecular complexity index is 135. The summed E-state index contributed by atoms with van der Waals surface area (Å²) in [5.41, 5.74) is 0. The first-order valence-corrected chi connectivity index (χ1v) is 4.14. The number of aliphatic carboxylic acids is 1. The maximum atomic E-state index is 10.1. The number of rotatable bonds is 6. The van der Waals surface area contributed by atoms with Gasteiger partial charge in [-0.05, 0) is 12.8 Å². The largest absolute Gasteiger partial charge is 0.481 e. The van der Waals surface area contributed by atoms with Crippen LogP contribution < -0.4 is 0 Å². The van der Waals surface area contributed by atoms with Gasteiger partial charge in [0.05, 0.1) is 18.6 Å². The number of hydrogen-bond donors (Lipinski definition) is 3. The molecule has 0 aromatic heterocycles. The number of carbonyl (C=O) groups is 1. The summed E-state index contributed by atoms with van der Waals surface area (Å²) in [7, 11) is 0. The summed E-state index contributed by atoms with van der Waals surface area (Å²) >= 11 is 0. The first kappa shape index (κ1) is 11.4. The molecule has 0 saturated carbocycles. The van der Waals surface area contributed by atoms with E-state index in [2.05, 4.69) is 0 Å². The Balaban J connectivity index is 3.53. The topological polar surface area (TPSA) is 77.8 Å². The minimum absolute atomic E-state index is 0.153. The van der Waals surface area contributed by atoms with Crippen LogP contribution in [0.1, 0.15) is 32.6 Å². The van der Waals surface area contributed by atoms with Gasteiger partial charge in [0.15, 0.2) is 0 Å². The lowest BCUT2D eigenvalue weighted by molar-refractivity contribution is -0.139. The van der Waals surface area contributed by atoms with Crippen LogP contribution in [0.15, 0.2) is 0 Å². The van der Waals surface area contributed by atoms with Gasteiger partial charge in [-0.1, -0.05) is 13.3 Å². The predicted octanol–water partition coefficient (Wildman–Crippen LogP) is 0.373. The average molecular weight is 176 g/mol. The summed E-state index contributed by atoms with van der Waals surface area (Å²) in [6.07, 6.45) is -0.202. The minimum atomic E-state index is -1.04. The van der Waals surface area contributed by atoms with Crippen LogP contribution in [0.3, 0.4) is 0 Å². The molecule has 0 bridgehead atoms. The molecule has 0 amide bonds. The van der Waals surface area contributed by atoms with Crippen LogP contribution in [-0.2, 0) is 4.79 Å². The lowest BCUT2D eigenvalue weighted by atomic mass is 10.1. The Hall–Kier alpha value is -0.610. The lowest BCUT2D eigenvalue weighted by Gasteiger charge is -2.12. The smallest absolute Gasteiger partial charge is 0.305 e. The van der Waals surface area contributed by atoms with E-state index in [1.165, 1.54) is 0 Å². The highest BCUT2D eigenvalue weighted by molar-refractivity contribution is 5.67. The SMILES string of the molecule is CCCC(O)C[C@@H](O)CC(=O)O. The standard InChI is InChI=1S/C8H16O4/c1-2-3-6(9)4-7(10)5-8(11)12/h6-7,9-10H,2-5H2,1H3,(H,11,12)/t6?,7-/m1/s1. The Morgan fingerprint density at radius 2 is 1.92 bits per heavy atom. The van der Waals surface area contributed by atoms with Gasteiger partial charge in [-0.15, -0.1) is 0 Å². The number of carboxylic acids is 1. The highest BCUT2D eigenvalue weighted by atomic mass is 16.4. The lowest BCUT2D eigenvalue weighted by Crippen LogP contribution is -2.20. The first-order chi connectivity index (χ1) is 5.56. The number of aliphatic hydroxyl groups excluding tert-OH is 2. The molecule has 4 nitrogen and oxygen atoms in total. The molecule has 4 heteroatoms. The van der Waals surface area contributed by atoms with E-state index in [-0.39, 0.29) is 12.8 Å². The molecule has 0 spiro atoms. The van der Waals surface area contributed by atoms with Crippen molar-refractivity contribution in [2.24, 2.45) is 0 Å². The van der Waals surface area contributed by atoms with Crippen molar-refractivity contribution in [2.75, 3.05) is 0 Å². The first-order valence-electron chi connectivity index (χ1n) is 4.14. The van der Waals surface area contributed by atoms with E-state index >= 15 is 0 Å². The maximum absolute atomic E-state index is 10.1. The summed E-state index contributed by atoms with van der Waals surface area (Å²) in [6.45, 7) is 1.92. The van der Waals surface area contributed by atoms with E-state index in [1.54, 1.807) is 0 Å². The molecule has 1 unspecified atom stereocenters. The van der Waals surface area contributed by atoms with Crippen LogP contribution in [-0.4, -0.2) is 33.5 Å². The molecule has 0 rings (SSSR count). The van der Waals surface area contributed by atoms with Gasteiger partial charge in [-0.2, -0.15) is 0 Å². The third-order valence-corrected chi connectivity index (χ3v) is 1.58. The molecular weight excluding hydrogens is 160 g/mol. The van der Waals surface area contributed by atoms with Crippen molar-refractivity contribution in [1.29, 1.82) is 0 Å². The Morgan fingerprint density at radius 3 is 2.33 bits per heavy atom. The van der Waals surface area contributed by atoms with Crippen molar-refractivity contribution in [3.05, 3.63) is 0 Å². The zero-order chi connectivity index (χ0) is 9.56. The second-order valence-corrected chi connectivity index (χ2v) is 2.93. The summed E-state index contributed by atoms with van der Waals surface area (Å²) in [5, 5.41) is 26.5. The normalized spacial score (nSPS) is 15.6. The van der Waals surface area contributed by atoms with E-state index in [1.807, 2.05) is 6.92 Å². The van der Waals surface area contributed by atoms with Gasteiger partial charge in [0.1, 0.15) is 0 Å². The fraction of sp³-hybridized carbons (Fsp3) is 0.875. The van der Waals surface area contributed by atoms with E-state index in [4.69, 9.17) is 10.2 Å². The second-order valence-electron chi connectivity index (χ2n) is 2.93. The zero-order valence-corrected chi connectivity index (χ0v) is 7.23. The molecule has 0 fully saturated rings. The maximum Gasteiger partial charge on any atom is 0.305 e. The van der Waals surface area contributed by atoms with E-state index in [9.17, 15) is 9.90 Å². The average Bonchev–Trinajstić information content (AvgIpc) is 1.84. The van der Waals surface area contributed by atoms with Crippen LogP contribution in [0.5, 0.6) is 0 Å². The van der Waals surface area contributed by atoms with Crippen LogP contribution >= 0.6 is 0 Å². The molecule has 0 aliphatic rings. The van der Waals surface area contributed by atoms with E-state index in [0.29, 0.717) is 6.42 Å². The Labute approximate surface area is 71.8 Å². The van der Waals surface area contributed by atoms with Gasteiger partial charge >= 0.3 is 5.97 Å². The molecule has 0 aliphatic heterocycles. The van der Waals surface area contributed by atoms with E-state index in [0.717, 1.165) is 6.42 Å². The molecule has 3 N–H and O–H groups in total. The minimum Gasteiger partial charge on any atom is -0.481 e. The van der Waals surface area contributed by atoms with Crippen molar-refractivity contribution >= 4 is 5.97 Å². The van der Waals surface area contributed by atoms with Crippen molar-refractivity contribution in [1.82, 2.24) is 0 Å². The molecule has 0 aliphatic carbocycles. The van der Waals surface area contributed by atoms with Gasteiger partial charge in [-0.3, -0.25) is 4.79 Å². The second kappa shape index (κ2) is 5.97. The Kier molecular flexibility index (Phi) is 5.66.